The van der Waals surface area contributed by atoms with E-state index in [0.29, 0.717) is 11.4 Å². The first-order chi connectivity index (χ1) is 22.7. The van der Waals surface area contributed by atoms with Gasteiger partial charge in [-0.15, -0.1) is 0 Å². The number of non-ortho nitro benzene ring substituents is 2. The molecular weight excluding hydrogens is 670 g/mol. The number of pyridine rings is 1. The van der Waals surface area contributed by atoms with Gasteiger partial charge in [-0.3, -0.25) is 61.1 Å². The SMILES string of the molecule is C[C@H](NC(=O)c1cccc(C(=O)N[C@@H](C)C(=O)NNC(=S)Nc2ccc([N+](=O)[O-])cc2)n1)C(=O)NNC(=S)Nc1ccc([N+](=O)[O-])cc1. The molecule has 1 aromatic heterocycles. The number of nitro groups is 2. The van der Waals surface area contributed by atoms with E-state index in [1.807, 2.05) is 0 Å². The maximum atomic E-state index is 12.7. The van der Waals surface area contributed by atoms with E-state index in [1.54, 1.807) is 0 Å². The van der Waals surface area contributed by atoms with Crippen LogP contribution in [-0.2, 0) is 9.59 Å². The van der Waals surface area contributed by atoms with Gasteiger partial charge < -0.3 is 21.3 Å². The molecule has 0 saturated carbocycles. The highest BCUT2D eigenvalue weighted by Gasteiger charge is 2.21. The van der Waals surface area contributed by atoms with Crippen LogP contribution in [0.3, 0.4) is 0 Å². The summed E-state index contributed by atoms with van der Waals surface area (Å²) in [5.74, 6) is -2.91. The van der Waals surface area contributed by atoms with Crippen molar-refractivity contribution in [2.24, 2.45) is 0 Å². The summed E-state index contributed by atoms with van der Waals surface area (Å²) in [6, 6.07) is 12.6. The molecule has 21 heteroatoms. The Morgan fingerprint density at radius 1 is 0.625 bits per heavy atom. The first kappa shape index (κ1) is 36.1. The van der Waals surface area contributed by atoms with Gasteiger partial charge in [0.15, 0.2) is 10.2 Å². The number of hydrogen-bond acceptors (Lipinski definition) is 11. The third kappa shape index (κ3) is 10.9. The molecule has 0 saturated heterocycles. The number of benzene rings is 2. The van der Waals surface area contributed by atoms with Crippen molar-refractivity contribution in [1.82, 2.24) is 37.3 Å². The molecule has 0 fully saturated rings. The molecule has 2 aromatic carbocycles. The molecule has 19 nitrogen and oxygen atoms in total. The van der Waals surface area contributed by atoms with E-state index in [-0.39, 0.29) is 33.0 Å². The van der Waals surface area contributed by atoms with Gasteiger partial charge in [0.2, 0.25) is 0 Å². The third-order valence-electron chi connectivity index (χ3n) is 5.97. The lowest BCUT2D eigenvalue weighted by molar-refractivity contribution is -0.385. The molecule has 250 valence electrons. The summed E-state index contributed by atoms with van der Waals surface area (Å²) >= 11 is 10.1. The Morgan fingerprint density at radius 3 is 1.31 bits per heavy atom. The number of aromatic nitrogens is 1. The van der Waals surface area contributed by atoms with Crippen molar-refractivity contribution in [3.63, 3.8) is 0 Å². The average molecular weight is 698 g/mol. The van der Waals surface area contributed by atoms with Crippen LogP contribution in [0.15, 0.2) is 66.7 Å². The van der Waals surface area contributed by atoms with Crippen LogP contribution in [0.25, 0.3) is 0 Å². The zero-order chi connectivity index (χ0) is 35.4. The Labute approximate surface area is 281 Å². The molecular formula is C27H27N11O8S2. The van der Waals surface area contributed by atoms with E-state index in [2.05, 4.69) is 48.0 Å². The number of amides is 4. The standard InChI is InChI=1S/C27H27N11O8S2/c1-14(22(39)33-35-26(47)30-16-6-10-18(11-7-16)37(43)44)28-24(41)20-4-3-5-21(32-20)25(42)29-15(2)23(40)34-36-27(48)31-17-8-12-19(13-9-17)38(45)46/h3-15H,1-2H3,(H,28,41)(H,29,42)(H,33,39)(H,34,40)(H2,30,35,47)(H2,31,36,48)/t14-,15-/m0/s1. The largest absolute Gasteiger partial charge is 0.339 e. The number of hydrogen-bond donors (Lipinski definition) is 8. The molecule has 0 unspecified atom stereocenters. The van der Waals surface area contributed by atoms with E-state index in [0.717, 1.165) is 0 Å². The fourth-order valence-electron chi connectivity index (χ4n) is 3.47. The van der Waals surface area contributed by atoms with Crippen molar-refractivity contribution in [3.05, 3.63) is 98.3 Å². The number of anilines is 2. The van der Waals surface area contributed by atoms with Gasteiger partial charge in [-0.1, -0.05) is 6.07 Å². The van der Waals surface area contributed by atoms with E-state index < -0.39 is 45.6 Å². The van der Waals surface area contributed by atoms with Crippen LogP contribution >= 0.6 is 24.4 Å². The topological polar surface area (TPSA) is 264 Å². The summed E-state index contributed by atoms with van der Waals surface area (Å²) in [7, 11) is 0. The summed E-state index contributed by atoms with van der Waals surface area (Å²) in [6.45, 7) is 2.78. The van der Waals surface area contributed by atoms with Crippen molar-refractivity contribution in [2.75, 3.05) is 10.6 Å². The normalized spacial score (nSPS) is 11.4. The number of carbonyl (C=O) groups is 4. The highest BCUT2D eigenvalue weighted by Crippen LogP contribution is 2.16. The molecule has 0 aliphatic heterocycles. The van der Waals surface area contributed by atoms with Gasteiger partial charge in [-0.25, -0.2) is 4.98 Å². The minimum Gasteiger partial charge on any atom is -0.339 e. The van der Waals surface area contributed by atoms with Gasteiger partial charge in [0.1, 0.15) is 23.5 Å². The van der Waals surface area contributed by atoms with Crippen LogP contribution in [0, 0.1) is 20.2 Å². The Kier molecular flexibility index (Phi) is 12.7. The Balaban J connectivity index is 1.44. The van der Waals surface area contributed by atoms with Gasteiger partial charge in [0.25, 0.3) is 35.0 Å². The number of rotatable bonds is 10. The lowest BCUT2D eigenvalue weighted by Gasteiger charge is -2.17. The first-order valence-corrected chi connectivity index (χ1v) is 14.4. The molecule has 0 aliphatic rings. The predicted octanol–water partition coefficient (Wildman–Crippen LogP) is 1.17. The van der Waals surface area contributed by atoms with Crippen LogP contribution in [0.5, 0.6) is 0 Å². The molecule has 0 bridgehead atoms. The highest BCUT2D eigenvalue weighted by molar-refractivity contribution is 7.80. The minimum atomic E-state index is -1.08. The maximum Gasteiger partial charge on any atom is 0.270 e. The molecule has 1 heterocycles. The molecule has 4 amide bonds. The second-order valence-corrected chi connectivity index (χ2v) is 10.4. The summed E-state index contributed by atoms with van der Waals surface area (Å²) < 4.78 is 0. The number of nitrogens with one attached hydrogen (secondary N) is 8. The fraction of sp³-hybridized carbons (Fsp3) is 0.148. The van der Waals surface area contributed by atoms with E-state index in [9.17, 15) is 39.4 Å². The number of nitrogens with zero attached hydrogens (tertiary/aromatic N) is 3. The number of carbonyl (C=O) groups excluding carboxylic acids is 4. The molecule has 3 aromatic rings. The van der Waals surface area contributed by atoms with Crippen molar-refractivity contribution in [3.8, 4) is 0 Å². The second-order valence-electron chi connectivity index (χ2n) is 9.54. The van der Waals surface area contributed by atoms with E-state index in [1.165, 1.54) is 80.6 Å². The van der Waals surface area contributed by atoms with Crippen molar-refractivity contribution in [1.29, 1.82) is 0 Å². The zero-order valence-electron chi connectivity index (χ0n) is 24.9. The predicted molar refractivity (Wildman–Crippen MR) is 179 cm³/mol. The quantitative estimate of drug-likeness (QED) is 0.0840. The fourth-order valence-corrected chi connectivity index (χ4v) is 3.81. The first-order valence-electron chi connectivity index (χ1n) is 13.5. The van der Waals surface area contributed by atoms with Gasteiger partial charge >= 0.3 is 0 Å². The van der Waals surface area contributed by atoms with Gasteiger partial charge in [0.05, 0.1) is 9.85 Å². The van der Waals surface area contributed by atoms with E-state index in [4.69, 9.17) is 24.4 Å². The average Bonchev–Trinajstić information content (AvgIpc) is 3.06. The number of nitro benzene ring substituents is 2. The summed E-state index contributed by atoms with van der Waals surface area (Å²) in [5, 5.41) is 31.8. The molecule has 3 rings (SSSR count). The van der Waals surface area contributed by atoms with Crippen molar-refractivity contribution < 1.29 is 29.0 Å². The molecule has 0 radical (unpaired) electrons. The molecule has 0 aliphatic carbocycles. The third-order valence-corrected chi connectivity index (χ3v) is 6.37. The van der Waals surface area contributed by atoms with Crippen molar-refractivity contribution >= 4 is 81.0 Å². The monoisotopic (exact) mass is 697 g/mol. The van der Waals surface area contributed by atoms with Crippen LogP contribution in [0.2, 0.25) is 0 Å². The molecule has 0 spiro atoms. The summed E-state index contributed by atoms with van der Waals surface area (Å²) in [6.07, 6.45) is 0. The van der Waals surface area contributed by atoms with Gasteiger partial charge in [0, 0.05) is 35.6 Å². The number of thiocarbonyl (C=S) groups is 2. The van der Waals surface area contributed by atoms with Gasteiger partial charge in [-0.2, -0.15) is 0 Å². The smallest absolute Gasteiger partial charge is 0.270 e. The van der Waals surface area contributed by atoms with Crippen LogP contribution in [-0.4, -0.2) is 60.8 Å². The second kappa shape index (κ2) is 16.8. The minimum absolute atomic E-state index is 0.0311. The molecule has 48 heavy (non-hydrogen) atoms. The van der Waals surface area contributed by atoms with Gasteiger partial charge in [-0.05, 0) is 74.7 Å². The van der Waals surface area contributed by atoms with Crippen LogP contribution < -0.4 is 43.0 Å². The Morgan fingerprint density at radius 2 is 0.979 bits per heavy atom. The summed E-state index contributed by atoms with van der Waals surface area (Å²) in [4.78, 5) is 74.8. The van der Waals surface area contributed by atoms with Crippen molar-refractivity contribution in [2.45, 2.75) is 25.9 Å². The number of hydrazine groups is 2. The molecule has 2 atom stereocenters. The molecule has 8 N–H and O–H groups in total. The van der Waals surface area contributed by atoms with E-state index >= 15 is 0 Å². The lowest BCUT2D eigenvalue weighted by atomic mass is 10.2. The maximum absolute atomic E-state index is 12.7. The Bertz CT molecular complexity index is 1620. The Hall–Kier alpha value is -6.35. The van der Waals surface area contributed by atoms with Crippen LogP contribution in [0.4, 0.5) is 22.7 Å². The highest BCUT2D eigenvalue weighted by atomic mass is 32.1. The summed E-state index contributed by atoms with van der Waals surface area (Å²) in [5.41, 5.74) is 9.76. The zero-order valence-corrected chi connectivity index (χ0v) is 26.6. The lowest BCUT2D eigenvalue weighted by Crippen LogP contribution is -2.52. The van der Waals surface area contributed by atoms with Crippen LogP contribution in [0.1, 0.15) is 34.8 Å².